The minimum absolute atomic E-state index is 0. The van der Waals surface area contributed by atoms with Crippen molar-refractivity contribution in [2.75, 3.05) is 25.9 Å². The Morgan fingerprint density at radius 1 is 1.29 bits per heavy atom. The van der Waals surface area contributed by atoms with Crippen LogP contribution in [0, 0.1) is 5.41 Å². The van der Waals surface area contributed by atoms with E-state index in [4.69, 9.17) is 0 Å². The molecule has 4 nitrogen and oxygen atoms in total. The average molecular weight is 427 g/mol. The van der Waals surface area contributed by atoms with Gasteiger partial charge in [0.05, 0.1) is 6.10 Å². The van der Waals surface area contributed by atoms with Crippen LogP contribution >= 0.6 is 35.7 Å². The largest absolute Gasteiger partial charge is 0.392 e. The average Bonchev–Trinajstić information content (AvgIpc) is 2.96. The second-order valence-electron chi connectivity index (χ2n) is 6.36. The maximum absolute atomic E-state index is 10.2. The zero-order chi connectivity index (χ0) is 14.4. The number of halogens is 1. The molecule has 0 amide bonds. The Bertz CT molecular complexity index is 337. The van der Waals surface area contributed by atoms with Crippen LogP contribution in [0.15, 0.2) is 4.99 Å². The molecule has 3 atom stereocenters. The number of hydrogen-bond acceptors (Lipinski definition) is 3. The monoisotopic (exact) mass is 427 g/mol. The van der Waals surface area contributed by atoms with Crippen LogP contribution in [0.1, 0.15) is 45.4 Å². The third kappa shape index (κ3) is 5.78. The number of guanidine groups is 1. The molecule has 1 saturated heterocycles. The summed E-state index contributed by atoms with van der Waals surface area (Å²) in [5, 5.41) is 17.8. The predicted octanol–water partition coefficient (Wildman–Crippen LogP) is 2.61. The Morgan fingerprint density at radius 2 is 2.10 bits per heavy atom. The molecule has 3 unspecified atom stereocenters. The van der Waals surface area contributed by atoms with Crippen molar-refractivity contribution in [1.29, 1.82) is 0 Å². The molecule has 0 aromatic carbocycles. The molecule has 0 radical (unpaired) electrons. The number of aliphatic hydroxyl groups excluding tert-OH is 1. The van der Waals surface area contributed by atoms with Crippen LogP contribution in [0.4, 0.5) is 0 Å². The third-order valence-electron chi connectivity index (χ3n) is 4.68. The molecule has 1 saturated carbocycles. The Kier molecular flexibility index (Phi) is 8.71. The van der Waals surface area contributed by atoms with Crippen LogP contribution in [-0.2, 0) is 0 Å². The molecular formula is C15H30IN3OS. The van der Waals surface area contributed by atoms with Crippen LogP contribution in [0.25, 0.3) is 0 Å². The molecule has 3 N–H and O–H groups in total. The highest BCUT2D eigenvalue weighted by molar-refractivity contribution is 14.0. The van der Waals surface area contributed by atoms with E-state index in [1.165, 1.54) is 25.0 Å². The minimum Gasteiger partial charge on any atom is -0.392 e. The van der Waals surface area contributed by atoms with Gasteiger partial charge in [-0.25, -0.2) is 0 Å². The molecule has 0 aromatic rings. The Morgan fingerprint density at radius 3 is 2.71 bits per heavy atom. The van der Waals surface area contributed by atoms with E-state index >= 15 is 0 Å². The second kappa shape index (κ2) is 9.45. The quantitative estimate of drug-likeness (QED) is 0.367. The summed E-state index contributed by atoms with van der Waals surface area (Å²) in [6.07, 6.45) is 6.87. The van der Waals surface area contributed by atoms with Gasteiger partial charge in [0.2, 0.25) is 0 Å². The van der Waals surface area contributed by atoms with E-state index in [1.54, 1.807) is 0 Å². The fraction of sp³-hybridized carbons (Fsp3) is 0.933. The van der Waals surface area contributed by atoms with Crippen LogP contribution in [-0.4, -0.2) is 48.3 Å². The fourth-order valence-electron chi connectivity index (χ4n) is 3.11. The lowest BCUT2D eigenvalue weighted by atomic mass is 9.73. The number of aliphatic hydroxyl groups is 1. The number of nitrogens with one attached hydrogen (secondary N) is 2. The van der Waals surface area contributed by atoms with E-state index < -0.39 is 0 Å². The minimum atomic E-state index is -0.188. The number of hydrogen-bond donors (Lipinski definition) is 3. The molecule has 2 aliphatic rings. The van der Waals surface area contributed by atoms with Crippen molar-refractivity contribution >= 4 is 41.7 Å². The third-order valence-corrected chi connectivity index (χ3v) is 6.08. The molecule has 2 fully saturated rings. The topological polar surface area (TPSA) is 56.7 Å². The standard InChI is InChI=1S/C15H29N3OS.HI/c1-15(8-4-3-7-13(15)19)11-18-14(16-2)17-10-12-6-5-9-20-12;/h12-13,19H,3-11H2,1-2H3,(H2,16,17,18);1H. The van der Waals surface area contributed by atoms with Crippen molar-refractivity contribution in [3.05, 3.63) is 0 Å². The lowest BCUT2D eigenvalue weighted by Gasteiger charge is -2.38. The second-order valence-corrected chi connectivity index (χ2v) is 7.77. The maximum Gasteiger partial charge on any atom is 0.191 e. The molecule has 0 bridgehead atoms. The van der Waals surface area contributed by atoms with E-state index in [2.05, 4.69) is 34.3 Å². The summed E-state index contributed by atoms with van der Waals surface area (Å²) in [6.45, 7) is 3.97. The summed E-state index contributed by atoms with van der Waals surface area (Å²) in [6, 6.07) is 0. The summed E-state index contributed by atoms with van der Waals surface area (Å²) in [5.41, 5.74) is -0.0159. The molecule has 0 aromatic heterocycles. The first-order chi connectivity index (χ1) is 9.64. The summed E-state index contributed by atoms with van der Waals surface area (Å²) in [5.74, 6) is 2.17. The molecule has 1 aliphatic heterocycles. The molecule has 124 valence electrons. The first-order valence-electron chi connectivity index (χ1n) is 7.88. The first-order valence-corrected chi connectivity index (χ1v) is 8.93. The van der Waals surface area contributed by atoms with Crippen LogP contribution in [0.3, 0.4) is 0 Å². The highest BCUT2D eigenvalue weighted by atomic mass is 127. The van der Waals surface area contributed by atoms with Crippen molar-refractivity contribution in [2.45, 2.75) is 56.8 Å². The van der Waals surface area contributed by atoms with Gasteiger partial charge in [0.1, 0.15) is 0 Å². The van der Waals surface area contributed by atoms with Gasteiger partial charge in [-0.3, -0.25) is 4.99 Å². The molecule has 1 heterocycles. The summed E-state index contributed by atoms with van der Waals surface area (Å²) >= 11 is 2.06. The molecule has 1 aliphatic carbocycles. The van der Waals surface area contributed by atoms with Crippen molar-refractivity contribution in [3.63, 3.8) is 0 Å². The van der Waals surface area contributed by atoms with E-state index in [-0.39, 0.29) is 35.5 Å². The lowest BCUT2D eigenvalue weighted by Crippen LogP contribution is -2.49. The van der Waals surface area contributed by atoms with Crippen molar-refractivity contribution < 1.29 is 5.11 Å². The number of aliphatic imine (C=N–C) groups is 1. The van der Waals surface area contributed by atoms with Gasteiger partial charge in [-0.1, -0.05) is 19.8 Å². The van der Waals surface area contributed by atoms with Gasteiger partial charge >= 0.3 is 0 Å². The molecule has 2 rings (SSSR count). The van der Waals surface area contributed by atoms with Gasteiger partial charge in [-0.2, -0.15) is 11.8 Å². The molecule has 6 heteroatoms. The van der Waals surface area contributed by atoms with E-state index in [1.807, 2.05) is 7.05 Å². The van der Waals surface area contributed by atoms with Gasteiger partial charge < -0.3 is 15.7 Å². The van der Waals surface area contributed by atoms with Crippen molar-refractivity contribution in [3.8, 4) is 0 Å². The van der Waals surface area contributed by atoms with Crippen molar-refractivity contribution in [2.24, 2.45) is 10.4 Å². The van der Waals surface area contributed by atoms with Gasteiger partial charge in [-0.05, 0) is 31.4 Å². The van der Waals surface area contributed by atoms with Crippen LogP contribution in [0.5, 0.6) is 0 Å². The first kappa shape index (κ1) is 19.4. The van der Waals surface area contributed by atoms with E-state index in [0.717, 1.165) is 43.6 Å². The highest BCUT2D eigenvalue weighted by Gasteiger charge is 2.35. The predicted molar refractivity (Wildman–Crippen MR) is 103 cm³/mol. The summed E-state index contributed by atoms with van der Waals surface area (Å²) < 4.78 is 0. The van der Waals surface area contributed by atoms with Gasteiger partial charge in [0.15, 0.2) is 5.96 Å². The number of thioether (sulfide) groups is 1. The van der Waals surface area contributed by atoms with Gasteiger partial charge in [0, 0.05) is 30.8 Å². The molecular weight excluding hydrogens is 397 g/mol. The summed E-state index contributed by atoms with van der Waals surface area (Å²) in [4.78, 5) is 4.29. The van der Waals surface area contributed by atoms with Crippen molar-refractivity contribution in [1.82, 2.24) is 10.6 Å². The Balaban J connectivity index is 0.00000220. The smallest absolute Gasteiger partial charge is 0.191 e. The highest BCUT2D eigenvalue weighted by Crippen LogP contribution is 2.35. The summed E-state index contributed by atoms with van der Waals surface area (Å²) in [7, 11) is 1.82. The zero-order valence-electron chi connectivity index (χ0n) is 13.2. The van der Waals surface area contributed by atoms with E-state index in [9.17, 15) is 5.11 Å². The maximum atomic E-state index is 10.2. The van der Waals surface area contributed by atoms with Crippen LogP contribution in [0.2, 0.25) is 0 Å². The lowest BCUT2D eigenvalue weighted by molar-refractivity contribution is 0.00398. The van der Waals surface area contributed by atoms with Gasteiger partial charge in [-0.15, -0.1) is 24.0 Å². The Labute approximate surface area is 150 Å². The van der Waals surface area contributed by atoms with Crippen LogP contribution < -0.4 is 10.6 Å². The number of nitrogens with zero attached hydrogens (tertiary/aromatic N) is 1. The fourth-order valence-corrected chi connectivity index (χ4v) is 4.31. The van der Waals surface area contributed by atoms with Gasteiger partial charge in [0.25, 0.3) is 0 Å². The number of rotatable bonds is 4. The zero-order valence-corrected chi connectivity index (χ0v) is 16.4. The van der Waals surface area contributed by atoms with E-state index in [0.29, 0.717) is 0 Å². The Hall–Kier alpha value is 0.310. The normalized spacial score (nSPS) is 33.4. The molecule has 21 heavy (non-hydrogen) atoms. The molecule has 0 spiro atoms. The SMILES string of the molecule is CN=C(NCC1CCCS1)NCC1(C)CCCCC1O.I.